The van der Waals surface area contributed by atoms with Crippen molar-refractivity contribution in [2.75, 3.05) is 5.32 Å². The zero-order chi connectivity index (χ0) is 12.3. The molecule has 0 fully saturated rings. The van der Waals surface area contributed by atoms with Crippen molar-refractivity contribution < 1.29 is 8.78 Å². The minimum Gasteiger partial charge on any atom is -0.381 e. The molecule has 0 amide bonds. The average molecular weight is 233 g/mol. The van der Waals surface area contributed by atoms with Crippen LogP contribution in [0.25, 0.3) is 0 Å². The normalized spacial score (nSPS) is 10.3. The lowest BCUT2D eigenvalue weighted by Gasteiger charge is -2.07. The zero-order valence-corrected chi connectivity index (χ0v) is 9.50. The molecule has 0 aliphatic heterocycles. The maximum absolute atomic E-state index is 13.0. The Labute approximate surface area is 99.1 Å². The van der Waals surface area contributed by atoms with E-state index < -0.39 is 11.6 Å². The van der Waals surface area contributed by atoms with Gasteiger partial charge in [-0.05, 0) is 24.6 Å². The summed E-state index contributed by atoms with van der Waals surface area (Å²) in [6.07, 6.45) is 0. The monoisotopic (exact) mass is 233 g/mol. The van der Waals surface area contributed by atoms with E-state index in [0.29, 0.717) is 12.2 Å². The van der Waals surface area contributed by atoms with Gasteiger partial charge in [0.15, 0.2) is 11.6 Å². The molecule has 0 radical (unpaired) electrons. The van der Waals surface area contributed by atoms with Gasteiger partial charge in [0.05, 0.1) is 0 Å². The molecule has 2 aromatic carbocycles. The molecule has 3 heteroatoms. The van der Waals surface area contributed by atoms with Gasteiger partial charge in [-0.1, -0.05) is 29.8 Å². The molecule has 2 aromatic rings. The lowest BCUT2D eigenvalue weighted by Crippen LogP contribution is -2.00. The molecule has 1 nitrogen and oxygen atoms in total. The number of hydrogen-bond donors (Lipinski definition) is 1. The largest absolute Gasteiger partial charge is 0.381 e. The molecule has 0 aromatic heterocycles. The predicted octanol–water partition coefficient (Wildman–Crippen LogP) is 3.89. The summed E-state index contributed by atoms with van der Waals surface area (Å²) in [7, 11) is 0. The minimum atomic E-state index is -0.834. The first-order chi connectivity index (χ1) is 8.15. The van der Waals surface area contributed by atoms with Crippen LogP contribution in [0.1, 0.15) is 11.1 Å². The fourth-order valence-corrected chi connectivity index (χ4v) is 1.63. The number of rotatable bonds is 3. The number of nitrogens with one attached hydrogen (secondary N) is 1. The zero-order valence-electron chi connectivity index (χ0n) is 9.50. The third-order valence-electron chi connectivity index (χ3n) is 2.50. The highest BCUT2D eigenvalue weighted by Gasteiger charge is 2.02. The Bertz CT molecular complexity index is 523. The molecule has 1 N–H and O–H groups in total. The van der Waals surface area contributed by atoms with Crippen LogP contribution in [0, 0.1) is 18.6 Å². The van der Waals surface area contributed by atoms with Crippen molar-refractivity contribution in [2.45, 2.75) is 13.5 Å². The molecule has 0 saturated carbocycles. The van der Waals surface area contributed by atoms with Crippen molar-refractivity contribution in [1.82, 2.24) is 0 Å². The van der Waals surface area contributed by atoms with Crippen LogP contribution in [-0.4, -0.2) is 0 Å². The van der Waals surface area contributed by atoms with E-state index in [2.05, 4.69) is 5.32 Å². The fourth-order valence-electron chi connectivity index (χ4n) is 1.63. The van der Waals surface area contributed by atoms with Crippen molar-refractivity contribution >= 4 is 5.69 Å². The first kappa shape index (κ1) is 11.6. The van der Waals surface area contributed by atoms with Gasteiger partial charge >= 0.3 is 0 Å². The van der Waals surface area contributed by atoms with Crippen molar-refractivity contribution in [3.8, 4) is 0 Å². The summed E-state index contributed by atoms with van der Waals surface area (Å²) in [6, 6.07) is 11.8. The molecule has 2 rings (SSSR count). The van der Waals surface area contributed by atoms with Crippen LogP contribution in [0.2, 0.25) is 0 Å². The molecule has 17 heavy (non-hydrogen) atoms. The smallest absolute Gasteiger partial charge is 0.160 e. The molecule has 0 aliphatic rings. The summed E-state index contributed by atoms with van der Waals surface area (Å²) < 4.78 is 25.7. The van der Waals surface area contributed by atoms with Gasteiger partial charge in [-0.3, -0.25) is 0 Å². The van der Waals surface area contributed by atoms with Gasteiger partial charge in [0.2, 0.25) is 0 Å². The van der Waals surface area contributed by atoms with E-state index in [4.69, 9.17) is 0 Å². The van der Waals surface area contributed by atoms with Gasteiger partial charge in [-0.25, -0.2) is 8.78 Å². The molecule has 0 heterocycles. The van der Waals surface area contributed by atoms with Gasteiger partial charge in [-0.2, -0.15) is 0 Å². The van der Waals surface area contributed by atoms with Gasteiger partial charge < -0.3 is 5.32 Å². The highest BCUT2D eigenvalue weighted by molar-refractivity contribution is 5.44. The molecule has 0 spiro atoms. The Morgan fingerprint density at radius 2 is 1.82 bits per heavy atom. The summed E-state index contributed by atoms with van der Waals surface area (Å²) in [5.41, 5.74) is 2.86. The Morgan fingerprint density at radius 1 is 1.00 bits per heavy atom. The van der Waals surface area contributed by atoms with Crippen molar-refractivity contribution in [3.63, 3.8) is 0 Å². The topological polar surface area (TPSA) is 12.0 Å². The number of benzene rings is 2. The summed E-state index contributed by atoms with van der Waals surface area (Å²) in [6.45, 7) is 2.60. The van der Waals surface area contributed by atoms with Crippen LogP contribution in [0.15, 0.2) is 42.5 Å². The minimum absolute atomic E-state index is 0.574. The second kappa shape index (κ2) is 4.95. The van der Waals surface area contributed by atoms with Crippen LogP contribution in [0.4, 0.5) is 14.5 Å². The predicted molar refractivity (Wildman–Crippen MR) is 64.9 cm³/mol. The Hall–Kier alpha value is -1.90. The van der Waals surface area contributed by atoms with Gasteiger partial charge in [0.1, 0.15) is 0 Å². The van der Waals surface area contributed by atoms with Crippen molar-refractivity contribution in [1.29, 1.82) is 0 Å². The van der Waals surface area contributed by atoms with E-state index in [1.165, 1.54) is 11.6 Å². The SMILES string of the molecule is Cc1cccc(CNc2ccc(F)c(F)c2)c1. The number of aryl methyl sites for hydroxylation is 1. The van der Waals surface area contributed by atoms with Crippen LogP contribution < -0.4 is 5.32 Å². The first-order valence-corrected chi connectivity index (χ1v) is 5.39. The maximum Gasteiger partial charge on any atom is 0.160 e. The van der Waals surface area contributed by atoms with Crippen LogP contribution in [0.5, 0.6) is 0 Å². The second-order valence-electron chi connectivity index (χ2n) is 3.97. The van der Waals surface area contributed by atoms with Crippen LogP contribution in [0.3, 0.4) is 0 Å². The van der Waals surface area contributed by atoms with Gasteiger partial charge in [0.25, 0.3) is 0 Å². The number of halogens is 2. The van der Waals surface area contributed by atoms with Crippen molar-refractivity contribution in [2.24, 2.45) is 0 Å². The molecule has 0 unspecified atom stereocenters. The molecule has 0 atom stereocenters. The Kier molecular flexibility index (Phi) is 3.38. The summed E-state index contributed by atoms with van der Waals surface area (Å²) in [4.78, 5) is 0. The van der Waals surface area contributed by atoms with Gasteiger partial charge in [0, 0.05) is 18.3 Å². The highest BCUT2D eigenvalue weighted by Crippen LogP contribution is 2.14. The third-order valence-corrected chi connectivity index (χ3v) is 2.50. The van der Waals surface area contributed by atoms with E-state index in [1.54, 1.807) is 0 Å². The van der Waals surface area contributed by atoms with E-state index in [1.807, 2.05) is 31.2 Å². The molecule has 0 saturated heterocycles. The second-order valence-corrected chi connectivity index (χ2v) is 3.97. The molecular weight excluding hydrogens is 220 g/mol. The first-order valence-electron chi connectivity index (χ1n) is 5.39. The van der Waals surface area contributed by atoms with Crippen LogP contribution >= 0.6 is 0 Å². The van der Waals surface area contributed by atoms with E-state index >= 15 is 0 Å². The fraction of sp³-hybridized carbons (Fsp3) is 0.143. The molecular formula is C14H13F2N. The van der Waals surface area contributed by atoms with Gasteiger partial charge in [-0.15, -0.1) is 0 Å². The third kappa shape index (κ3) is 3.03. The van der Waals surface area contributed by atoms with Crippen molar-refractivity contribution in [3.05, 3.63) is 65.2 Å². The Balaban J connectivity index is 2.05. The molecule has 0 bridgehead atoms. The molecule has 88 valence electrons. The summed E-state index contributed by atoms with van der Waals surface area (Å²) >= 11 is 0. The summed E-state index contributed by atoms with van der Waals surface area (Å²) in [5, 5.41) is 3.05. The molecule has 0 aliphatic carbocycles. The quantitative estimate of drug-likeness (QED) is 0.848. The van der Waals surface area contributed by atoms with E-state index in [9.17, 15) is 8.78 Å². The Morgan fingerprint density at radius 3 is 2.53 bits per heavy atom. The maximum atomic E-state index is 13.0. The lowest BCUT2D eigenvalue weighted by atomic mass is 10.1. The number of hydrogen-bond acceptors (Lipinski definition) is 1. The standard InChI is InChI=1S/C14H13F2N/c1-10-3-2-4-11(7-10)9-17-12-5-6-13(15)14(16)8-12/h2-8,17H,9H2,1H3. The van der Waals surface area contributed by atoms with Crippen LogP contribution in [-0.2, 0) is 6.54 Å². The summed E-state index contributed by atoms with van der Waals surface area (Å²) in [5.74, 6) is -1.66. The highest BCUT2D eigenvalue weighted by atomic mass is 19.2. The van der Waals surface area contributed by atoms with E-state index in [-0.39, 0.29) is 0 Å². The average Bonchev–Trinajstić information content (AvgIpc) is 2.31. The van der Waals surface area contributed by atoms with E-state index in [0.717, 1.165) is 17.7 Å². The lowest BCUT2D eigenvalue weighted by molar-refractivity contribution is 0.509. The number of anilines is 1.